The van der Waals surface area contributed by atoms with Gasteiger partial charge in [0.05, 0.1) is 0 Å². The van der Waals surface area contributed by atoms with Gasteiger partial charge < -0.3 is 14.2 Å². The molecule has 0 aliphatic heterocycles. The van der Waals surface area contributed by atoms with Gasteiger partial charge >= 0.3 is 17.9 Å². The van der Waals surface area contributed by atoms with Crippen LogP contribution in [0.1, 0.15) is 284 Å². The van der Waals surface area contributed by atoms with Crippen LogP contribution in [0.3, 0.4) is 0 Å². The van der Waals surface area contributed by atoms with Crippen molar-refractivity contribution in [2.75, 3.05) is 13.2 Å². The summed E-state index contributed by atoms with van der Waals surface area (Å²) in [6.07, 6.45) is 87.6. The topological polar surface area (TPSA) is 78.9 Å². The van der Waals surface area contributed by atoms with Crippen LogP contribution in [-0.4, -0.2) is 37.2 Å². The Hall–Kier alpha value is -4.19. The molecule has 76 heavy (non-hydrogen) atoms. The van der Waals surface area contributed by atoms with Crippen molar-refractivity contribution in [3.8, 4) is 0 Å². The number of unbranched alkanes of at least 4 members (excludes halogenated alkanes) is 25. The van der Waals surface area contributed by atoms with Crippen molar-refractivity contribution in [3.63, 3.8) is 0 Å². The standard InChI is InChI=1S/C70H116O6/c1-4-7-10-13-16-19-22-25-28-31-33-34-35-36-38-39-42-45-48-51-54-57-60-63-69(72)75-66-67(65-74-68(71)62-59-56-53-50-47-44-41-30-27-24-21-18-15-12-9-6-3)76-70(73)64-61-58-55-52-49-46-43-40-37-32-29-26-23-20-17-14-11-8-5-2/h7-8,10-11,16-17,19-20,25-26,28-29,33-34,36-38,40,46,49,67H,4-6,9,12-15,18,21-24,27,30-32,35,39,41-45,47-48,50-66H2,1-3H3/b10-7-,11-8-,19-16-,20-17-,28-25-,29-26-,34-33-,38-36-,40-37-,49-46-. The molecule has 0 spiro atoms. The largest absolute Gasteiger partial charge is 0.462 e. The first-order chi connectivity index (χ1) is 37.5. The van der Waals surface area contributed by atoms with Crippen LogP contribution >= 0.6 is 0 Å². The van der Waals surface area contributed by atoms with E-state index < -0.39 is 6.10 Å². The second-order valence-electron chi connectivity index (χ2n) is 20.6. The maximum Gasteiger partial charge on any atom is 0.306 e. The number of ether oxygens (including phenoxy) is 3. The highest BCUT2D eigenvalue weighted by atomic mass is 16.6. The third-order valence-electron chi connectivity index (χ3n) is 13.2. The van der Waals surface area contributed by atoms with Crippen molar-refractivity contribution in [1.29, 1.82) is 0 Å². The van der Waals surface area contributed by atoms with Crippen LogP contribution in [0.15, 0.2) is 122 Å². The minimum absolute atomic E-state index is 0.0954. The van der Waals surface area contributed by atoms with E-state index in [9.17, 15) is 14.4 Å². The molecule has 0 aromatic carbocycles. The first kappa shape index (κ1) is 71.8. The van der Waals surface area contributed by atoms with Gasteiger partial charge in [-0.25, -0.2) is 0 Å². The van der Waals surface area contributed by atoms with Gasteiger partial charge in [-0.05, 0) is 109 Å². The highest BCUT2D eigenvalue weighted by Gasteiger charge is 2.19. The summed E-state index contributed by atoms with van der Waals surface area (Å²) in [5.74, 6) is -0.933. The molecule has 0 radical (unpaired) electrons. The van der Waals surface area contributed by atoms with E-state index >= 15 is 0 Å². The molecule has 1 atom stereocenters. The highest BCUT2D eigenvalue weighted by molar-refractivity contribution is 5.71. The number of rotatable bonds is 56. The van der Waals surface area contributed by atoms with Gasteiger partial charge in [-0.15, -0.1) is 0 Å². The van der Waals surface area contributed by atoms with Gasteiger partial charge in [0.1, 0.15) is 13.2 Å². The van der Waals surface area contributed by atoms with E-state index in [2.05, 4.69) is 142 Å². The summed E-state index contributed by atoms with van der Waals surface area (Å²) in [6, 6.07) is 0. The fraction of sp³-hybridized carbons (Fsp3) is 0.671. The molecule has 6 nitrogen and oxygen atoms in total. The lowest BCUT2D eigenvalue weighted by atomic mass is 10.0. The Balaban J connectivity index is 4.46. The predicted octanol–water partition coefficient (Wildman–Crippen LogP) is 21.6. The molecule has 432 valence electrons. The molecule has 0 amide bonds. The lowest BCUT2D eigenvalue weighted by Crippen LogP contribution is -2.30. The fourth-order valence-corrected chi connectivity index (χ4v) is 8.56. The molecule has 0 saturated heterocycles. The summed E-state index contributed by atoms with van der Waals surface area (Å²) in [4.78, 5) is 38.3. The van der Waals surface area contributed by atoms with Crippen LogP contribution in [0.25, 0.3) is 0 Å². The number of hydrogen-bond donors (Lipinski definition) is 0. The van der Waals surface area contributed by atoms with E-state index in [1.54, 1.807) is 0 Å². The molecule has 0 heterocycles. The maximum atomic E-state index is 12.9. The van der Waals surface area contributed by atoms with Crippen molar-refractivity contribution >= 4 is 17.9 Å². The SMILES string of the molecule is CC/C=C\C/C=C\C/C=C\C/C=C\C/C=C\CCCCCCCCCC(=O)OCC(COC(=O)CCCCCCCCCCCCCCCCCC)OC(=O)CCCCC/C=C\C/C=C\C/C=C\C/C=C\C/C=C\CC. The molecule has 0 aliphatic rings. The summed E-state index contributed by atoms with van der Waals surface area (Å²) in [6.45, 7) is 6.40. The average Bonchev–Trinajstić information content (AvgIpc) is 3.42. The highest BCUT2D eigenvalue weighted by Crippen LogP contribution is 2.16. The molecule has 1 unspecified atom stereocenters. The Morgan fingerprint density at radius 3 is 0.816 bits per heavy atom. The molecular formula is C70H116O6. The minimum atomic E-state index is -0.804. The first-order valence-electron chi connectivity index (χ1n) is 31.5. The quantitative estimate of drug-likeness (QED) is 0.0261. The Morgan fingerprint density at radius 2 is 0.513 bits per heavy atom. The first-order valence-corrected chi connectivity index (χ1v) is 31.5. The number of carbonyl (C=O) groups is 3. The van der Waals surface area contributed by atoms with Gasteiger partial charge in [0.25, 0.3) is 0 Å². The van der Waals surface area contributed by atoms with Gasteiger partial charge in [-0.1, -0.05) is 277 Å². The zero-order chi connectivity index (χ0) is 55.0. The lowest BCUT2D eigenvalue weighted by Gasteiger charge is -2.18. The number of hydrogen-bond acceptors (Lipinski definition) is 6. The zero-order valence-corrected chi connectivity index (χ0v) is 49.5. The van der Waals surface area contributed by atoms with E-state index in [4.69, 9.17) is 14.2 Å². The zero-order valence-electron chi connectivity index (χ0n) is 49.5. The third kappa shape index (κ3) is 60.7. The molecular weight excluding hydrogens is 937 g/mol. The van der Waals surface area contributed by atoms with E-state index in [1.807, 2.05) is 0 Å². The molecule has 0 aliphatic carbocycles. The van der Waals surface area contributed by atoms with Crippen molar-refractivity contribution < 1.29 is 28.6 Å². The van der Waals surface area contributed by atoms with Gasteiger partial charge in [-0.3, -0.25) is 14.4 Å². The van der Waals surface area contributed by atoms with Crippen molar-refractivity contribution in [2.24, 2.45) is 0 Å². The van der Waals surface area contributed by atoms with E-state index in [0.29, 0.717) is 12.8 Å². The molecule has 0 aromatic heterocycles. The van der Waals surface area contributed by atoms with Crippen LogP contribution < -0.4 is 0 Å². The summed E-state index contributed by atoms with van der Waals surface area (Å²) in [5.41, 5.74) is 0. The second kappa shape index (κ2) is 63.3. The Labute approximate surface area is 469 Å². The van der Waals surface area contributed by atoms with Gasteiger partial charge in [0.15, 0.2) is 6.10 Å². The van der Waals surface area contributed by atoms with Crippen LogP contribution in [0.4, 0.5) is 0 Å². The Bertz CT molecular complexity index is 1590. The van der Waals surface area contributed by atoms with Gasteiger partial charge in [-0.2, -0.15) is 0 Å². The monoisotopic (exact) mass is 1050 g/mol. The smallest absolute Gasteiger partial charge is 0.306 e. The summed E-state index contributed by atoms with van der Waals surface area (Å²) in [7, 11) is 0. The molecule has 0 fully saturated rings. The van der Waals surface area contributed by atoms with Crippen molar-refractivity contribution in [2.45, 2.75) is 290 Å². The van der Waals surface area contributed by atoms with Gasteiger partial charge in [0.2, 0.25) is 0 Å². The minimum Gasteiger partial charge on any atom is -0.462 e. The number of allylic oxidation sites excluding steroid dienone is 20. The second-order valence-corrected chi connectivity index (χ2v) is 20.6. The fourth-order valence-electron chi connectivity index (χ4n) is 8.56. The van der Waals surface area contributed by atoms with E-state index in [0.717, 1.165) is 135 Å². The summed E-state index contributed by atoms with van der Waals surface area (Å²) >= 11 is 0. The lowest BCUT2D eigenvalue weighted by molar-refractivity contribution is -0.167. The van der Waals surface area contributed by atoms with Crippen molar-refractivity contribution in [3.05, 3.63) is 122 Å². The molecule has 6 heteroatoms. The Morgan fingerprint density at radius 1 is 0.276 bits per heavy atom. The third-order valence-corrected chi connectivity index (χ3v) is 13.2. The average molecular weight is 1050 g/mol. The van der Waals surface area contributed by atoms with Crippen LogP contribution in [0.2, 0.25) is 0 Å². The summed E-state index contributed by atoms with van der Waals surface area (Å²) < 4.78 is 16.9. The summed E-state index contributed by atoms with van der Waals surface area (Å²) in [5, 5.41) is 0. The molecule has 0 rings (SSSR count). The van der Waals surface area contributed by atoms with Crippen LogP contribution in [0.5, 0.6) is 0 Å². The van der Waals surface area contributed by atoms with E-state index in [1.165, 1.54) is 109 Å². The van der Waals surface area contributed by atoms with Crippen molar-refractivity contribution in [1.82, 2.24) is 0 Å². The van der Waals surface area contributed by atoms with Crippen LogP contribution in [0, 0.1) is 0 Å². The number of carbonyl (C=O) groups excluding carboxylic acids is 3. The van der Waals surface area contributed by atoms with Gasteiger partial charge in [0, 0.05) is 19.3 Å². The van der Waals surface area contributed by atoms with Crippen LogP contribution in [-0.2, 0) is 28.6 Å². The molecule has 0 aromatic rings. The molecule has 0 N–H and O–H groups in total. The molecule has 0 saturated carbocycles. The Kier molecular flexibility index (Phi) is 59.9. The molecule has 0 bridgehead atoms. The predicted molar refractivity (Wildman–Crippen MR) is 330 cm³/mol. The van der Waals surface area contributed by atoms with E-state index in [-0.39, 0.29) is 37.5 Å². The maximum absolute atomic E-state index is 12.9. The number of esters is 3. The normalized spacial score (nSPS) is 12.9.